The molecule has 0 saturated carbocycles. The van der Waals surface area contributed by atoms with E-state index in [9.17, 15) is 9.59 Å². The summed E-state index contributed by atoms with van der Waals surface area (Å²) >= 11 is 7.48. The van der Waals surface area contributed by atoms with Gasteiger partial charge in [-0.15, -0.1) is 11.3 Å². The van der Waals surface area contributed by atoms with E-state index in [2.05, 4.69) is 15.6 Å². The molecule has 0 bridgehead atoms. The Hall–Kier alpha value is -2.64. The summed E-state index contributed by atoms with van der Waals surface area (Å²) in [5.41, 5.74) is 1.13. The molecule has 134 valence electrons. The van der Waals surface area contributed by atoms with Gasteiger partial charge in [0.25, 0.3) is 11.8 Å². The molecule has 0 aliphatic carbocycles. The number of hydrogen-bond acceptors (Lipinski definition) is 5. The van der Waals surface area contributed by atoms with E-state index in [0.717, 1.165) is 6.42 Å². The summed E-state index contributed by atoms with van der Waals surface area (Å²) in [7, 11) is 0. The maximum Gasteiger partial charge on any atom is 0.275 e. The van der Waals surface area contributed by atoms with Crippen molar-refractivity contribution in [2.24, 2.45) is 0 Å². The van der Waals surface area contributed by atoms with Gasteiger partial charge in [0.05, 0.1) is 16.8 Å². The van der Waals surface area contributed by atoms with Crippen molar-refractivity contribution in [1.29, 1.82) is 0 Å². The van der Waals surface area contributed by atoms with E-state index in [4.69, 9.17) is 16.0 Å². The van der Waals surface area contributed by atoms with Crippen LogP contribution in [0.25, 0.3) is 10.8 Å². The van der Waals surface area contributed by atoms with Crippen LogP contribution in [0.4, 0.5) is 5.69 Å². The first-order valence-electron chi connectivity index (χ1n) is 7.97. The van der Waals surface area contributed by atoms with Gasteiger partial charge in [0, 0.05) is 17.6 Å². The lowest BCUT2D eigenvalue weighted by Gasteiger charge is -2.08. The fourth-order valence-corrected chi connectivity index (χ4v) is 3.23. The molecule has 2 heterocycles. The van der Waals surface area contributed by atoms with E-state index in [0.29, 0.717) is 28.6 Å². The summed E-state index contributed by atoms with van der Waals surface area (Å²) in [6, 6.07) is 8.29. The summed E-state index contributed by atoms with van der Waals surface area (Å²) < 4.78 is 5.27. The molecule has 0 fully saturated rings. The Bertz CT molecular complexity index is 922. The molecule has 6 nitrogen and oxygen atoms in total. The Labute approximate surface area is 159 Å². The molecule has 0 spiro atoms. The standard InChI is InChI=1S/C18H16ClN3O3S/c1-2-7-20-16(23)12-6-5-11(9-13(12)19)21-17(24)14-10-26-18(22-14)15-4-3-8-25-15/h3-6,8-10H,2,7H2,1H3,(H,20,23)(H,21,24). The minimum Gasteiger partial charge on any atom is -0.462 e. The summed E-state index contributed by atoms with van der Waals surface area (Å²) in [6.45, 7) is 2.55. The van der Waals surface area contributed by atoms with Gasteiger partial charge in [-0.25, -0.2) is 4.98 Å². The zero-order valence-electron chi connectivity index (χ0n) is 13.9. The summed E-state index contributed by atoms with van der Waals surface area (Å²) in [4.78, 5) is 28.6. The molecule has 1 aromatic carbocycles. The highest BCUT2D eigenvalue weighted by atomic mass is 35.5. The zero-order chi connectivity index (χ0) is 18.5. The van der Waals surface area contributed by atoms with Gasteiger partial charge in [-0.05, 0) is 36.8 Å². The third-order valence-corrected chi connectivity index (χ3v) is 4.65. The molecule has 0 atom stereocenters. The number of anilines is 1. The maximum atomic E-state index is 12.3. The van der Waals surface area contributed by atoms with Crippen LogP contribution in [0.3, 0.4) is 0 Å². The second-order valence-corrected chi connectivity index (χ2v) is 6.69. The molecule has 2 amide bonds. The number of furan rings is 1. The van der Waals surface area contributed by atoms with Crippen LogP contribution < -0.4 is 10.6 Å². The zero-order valence-corrected chi connectivity index (χ0v) is 15.5. The number of rotatable bonds is 6. The van der Waals surface area contributed by atoms with Gasteiger partial charge in [0.15, 0.2) is 10.8 Å². The van der Waals surface area contributed by atoms with Crippen LogP contribution in [0.2, 0.25) is 5.02 Å². The van der Waals surface area contributed by atoms with Crippen LogP contribution in [-0.2, 0) is 0 Å². The number of hydrogen-bond donors (Lipinski definition) is 2. The number of thiazole rings is 1. The van der Waals surface area contributed by atoms with Gasteiger partial charge >= 0.3 is 0 Å². The molecule has 0 radical (unpaired) electrons. The molecule has 0 aliphatic rings. The summed E-state index contributed by atoms with van der Waals surface area (Å²) in [5.74, 6) is 0.00941. The number of amides is 2. The van der Waals surface area contributed by atoms with Crippen LogP contribution in [0.1, 0.15) is 34.2 Å². The van der Waals surface area contributed by atoms with Crippen LogP contribution >= 0.6 is 22.9 Å². The van der Waals surface area contributed by atoms with E-state index in [1.54, 1.807) is 42.0 Å². The van der Waals surface area contributed by atoms with Crippen molar-refractivity contribution in [3.05, 3.63) is 58.3 Å². The van der Waals surface area contributed by atoms with Gasteiger partial charge in [-0.3, -0.25) is 9.59 Å². The van der Waals surface area contributed by atoms with Crippen molar-refractivity contribution in [3.63, 3.8) is 0 Å². The normalized spacial score (nSPS) is 10.5. The number of halogens is 1. The number of carbonyl (C=O) groups excluding carboxylic acids is 2. The smallest absolute Gasteiger partial charge is 0.275 e. The quantitative estimate of drug-likeness (QED) is 0.652. The lowest BCUT2D eigenvalue weighted by Crippen LogP contribution is -2.24. The van der Waals surface area contributed by atoms with Crippen molar-refractivity contribution in [3.8, 4) is 10.8 Å². The lowest BCUT2D eigenvalue weighted by atomic mass is 10.2. The third kappa shape index (κ3) is 4.12. The van der Waals surface area contributed by atoms with E-state index in [1.165, 1.54) is 11.3 Å². The van der Waals surface area contributed by atoms with Gasteiger partial charge in [-0.2, -0.15) is 0 Å². The first-order valence-corrected chi connectivity index (χ1v) is 9.22. The van der Waals surface area contributed by atoms with E-state index >= 15 is 0 Å². The summed E-state index contributed by atoms with van der Waals surface area (Å²) in [5, 5.41) is 8.04. The highest BCUT2D eigenvalue weighted by Gasteiger charge is 2.15. The largest absolute Gasteiger partial charge is 0.462 e. The average Bonchev–Trinajstić information content (AvgIpc) is 3.30. The fraction of sp³-hybridized carbons (Fsp3) is 0.167. The van der Waals surface area contributed by atoms with Crippen LogP contribution in [0.15, 0.2) is 46.4 Å². The Kier molecular flexibility index (Phi) is 5.70. The number of nitrogens with one attached hydrogen (secondary N) is 2. The van der Waals surface area contributed by atoms with Crippen LogP contribution in [-0.4, -0.2) is 23.3 Å². The molecule has 2 aromatic heterocycles. The maximum absolute atomic E-state index is 12.3. The van der Waals surface area contributed by atoms with Gasteiger partial charge in [-0.1, -0.05) is 18.5 Å². The molecule has 8 heteroatoms. The molecular weight excluding hydrogens is 374 g/mol. The SMILES string of the molecule is CCCNC(=O)c1ccc(NC(=O)c2csc(-c3ccco3)n2)cc1Cl. The van der Waals surface area contributed by atoms with Gasteiger partial charge in [0.1, 0.15) is 5.69 Å². The first-order chi connectivity index (χ1) is 12.6. The molecule has 3 aromatic rings. The highest BCUT2D eigenvalue weighted by molar-refractivity contribution is 7.13. The van der Waals surface area contributed by atoms with Crippen LogP contribution in [0, 0.1) is 0 Å². The molecule has 26 heavy (non-hydrogen) atoms. The second kappa shape index (κ2) is 8.16. The van der Waals surface area contributed by atoms with Gasteiger partial charge in [0.2, 0.25) is 0 Å². The van der Waals surface area contributed by atoms with E-state index in [-0.39, 0.29) is 22.5 Å². The molecule has 0 aliphatic heterocycles. The lowest BCUT2D eigenvalue weighted by molar-refractivity contribution is 0.0953. The monoisotopic (exact) mass is 389 g/mol. The van der Waals surface area contributed by atoms with E-state index in [1.807, 2.05) is 6.92 Å². The summed E-state index contributed by atoms with van der Waals surface area (Å²) in [6.07, 6.45) is 2.39. The van der Waals surface area contributed by atoms with E-state index < -0.39 is 0 Å². The van der Waals surface area contributed by atoms with Crippen molar-refractivity contribution < 1.29 is 14.0 Å². The van der Waals surface area contributed by atoms with Gasteiger partial charge < -0.3 is 15.1 Å². The Morgan fingerprint density at radius 3 is 2.81 bits per heavy atom. The molecule has 0 unspecified atom stereocenters. The first kappa shape index (κ1) is 18.2. The molecule has 3 rings (SSSR count). The third-order valence-electron chi connectivity index (χ3n) is 3.48. The predicted molar refractivity (Wildman–Crippen MR) is 102 cm³/mol. The number of benzene rings is 1. The minimum atomic E-state index is -0.363. The Morgan fingerprint density at radius 2 is 2.12 bits per heavy atom. The van der Waals surface area contributed by atoms with Crippen LogP contribution in [0.5, 0.6) is 0 Å². The van der Waals surface area contributed by atoms with Crippen molar-refractivity contribution in [1.82, 2.24) is 10.3 Å². The average molecular weight is 390 g/mol. The number of nitrogens with zero attached hydrogens (tertiary/aromatic N) is 1. The van der Waals surface area contributed by atoms with Crippen molar-refractivity contribution >= 4 is 40.4 Å². The number of carbonyl (C=O) groups is 2. The minimum absolute atomic E-state index is 0.239. The molecule has 2 N–H and O–H groups in total. The molecular formula is C18H16ClN3O3S. The van der Waals surface area contributed by atoms with Crippen molar-refractivity contribution in [2.75, 3.05) is 11.9 Å². The molecule has 0 saturated heterocycles. The fourth-order valence-electron chi connectivity index (χ4n) is 2.20. The van der Waals surface area contributed by atoms with Crippen molar-refractivity contribution in [2.45, 2.75) is 13.3 Å². The number of aromatic nitrogens is 1. The Morgan fingerprint density at radius 1 is 1.27 bits per heavy atom. The second-order valence-electron chi connectivity index (χ2n) is 5.42. The topological polar surface area (TPSA) is 84.2 Å². The highest BCUT2D eigenvalue weighted by Crippen LogP contribution is 2.25. The predicted octanol–water partition coefficient (Wildman–Crippen LogP) is 4.45. The Balaban J connectivity index is 1.70.